The second-order valence-electron chi connectivity index (χ2n) is 9.27. The smallest absolute Gasteiger partial charge is 0.235 e. The fraction of sp³-hybridized carbons (Fsp3) is 0.609. The van der Waals surface area contributed by atoms with Crippen LogP contribution in [0, 0.1) is 5.92 Å². The van der Waals surface area contributed by atoms with Gasteiger partial charge in [-0.3, -0.25) is 24.5 Å². The van der Waals surface area contributed by atoms with Crippen molar-refractivity contribution in [3.05, 3.63) is 23.9 Å². The van der Waals surface area contributed by atoms with Crippen LogP contribution in [0.1, 0.15) is 30.9 Å². The Labute approximate surface area is 187 Å². The maximum absolute atomic E-state index is 14.2. The molecule has 3 aliphatic rings. The van der Waals surface area contributed by atoms with E-state index in [4.69, 9.17) is 0 Å². The standard InChI is InChI=1S/C23H31FN6O2/c1-28-20-12-16(2-3-17(20)22(27-28)18-4-5-21(31)26-23(18)32)30-10-8-29(9-11-30)14-15-6-7-25-13-19(15)24/h2-3,12,15,18-19,25H,4-11,13-14H2,1H3,(H,26,31,32)/t15-,18?,19+/m1/s1. The first-order valence-corrected chi connectivity index (χ1v) is 11.6. The number of alkyl halides is 1. The van der Waals surface area contributed by atoms with E-state index in [1.54, 1.807) is 0 Å². The van der Waals surface area contributed by atoms with Gasteiger partial charge in [0.05, 0.1) is 17.1 Å². The van der Waals surface area contributed by atoms with Gasteiger partial charge in [-0.25, -0.2) is 4.39 Å². The number of piperidine rings is 2. The summed E-state index contributed by atoms with van der Waals surface area (Å²) in [5.41, 5.74) is 2.87. The topological polar surface area (TPSA) is 82.5 Å². The molecule has 1 unspecified atom stereocenters. The first kappa shape index (κ1) is 21.3. The fourth-order valence-electron chi connectivity index (χ4n) is 5.28. The molecule has 2 amide bonds. The van der Waals surface area contributed by atoms with E-state index in [-0.39, 0.29) is 23.7 Å². The van der Waals surface area contributed by atoms with Gasteiger partial charge in [0.2, 0.25) is 11.8 Å². The zero-order valence-corrected chi connectivity index (χ0v) is 18.5. The van der Waals surface area contributed by atoms with E-state index >= 15 is 0 Å². The van der Waals surface area contributed by atoms with Gasteiger partial charge >= 0.3 is 0 Å². The highest BCUT2D eigenvalue weighted by atomic mass is 19.1. The molecule has 9 heteroatoms. The van der Waals surface area contributed by atoms with Gasteiger partial charge in [-0.15, -0.1) is 0 Å². The number of imide groups is 1. The largest absolute Gasteiger partial charge is 0.369 e. The number of hydrogen-bond donors (Lipinski definition) is 2. The molecule has 8 nitrogen and oxygen atoms in total. The molecular formula is C23H31FN6O2. The summed E-state index contributed by atoms with van der Waals surface area (Å²) in [5.74, 6) is -0.722. The zero-order chi connectivity index (χ0) is 22.2. The van der Waals surface area contributed by atoms with Gasteiger partial charge < -0.3 is 10.2 Å². The first-order valence-electron chi connectivity index (χ1n) is 11.6. The molecule has 3 aliphatic heterocycles. The molecule has 4 heterocycles. The number of hydrogen-bond acceptors (Lipinski definition) is 6. The number of halogens is 1. The Balaban J connectivity index is 1.27. The number of piperazine rings is 1. The third-order valence-corrected chi connectivity index (χ3v) is 7.21. The minimum Gasteiger partial charge on any atom is -0.369 e. The quantitative estimate of drug-likeness (QED) is 0.692. The highest BCUT2D eigenvalue weighted by Crippen LogP contribution is 2.32. The number of fused-ring (bicyclic) bond motifs is 1. The van der Waals surface area contributed by atoms with Gasteiger partial charge in [0.15, 0.2) is 0 Å². The number of amides is 2. The van der Waals surface area contributed by atoms with Crippen LogP contribution in [0.3, 0.4) is 0 Å². The molecule has 3 atom stereocenters. The monoisotopic (exact) mass is 442 g/mol. The Hall–Kier alpha value is -2.52. The Morgan fingerprint density at radius 3 is 2.72 bits per heavy atom. The Morgan fingerprint density at radius 1 is 1.16 bits per heavy atom. The maximum atomic E-state index is 14.2. The molecule has 0 radical (unpaired) electrons. The van der Waals surface area contributed by atoms with Crippen molar-refractivity contribution >= 4 is 28.4 Å². The third-order valence-electron chi connectivity index (χ3n) is 7.21. The Bertz CT molecular complexity index is 1020. The maximum Gasteiger partial charge on any atom is 0.235 e. The van der Waals surface area contributed by atoms with Crippen LogP contribution in [0.4, 0.5) is 10.1 Å². The van der Waals surface area contributed by atoms with E-state index in [1.807, 2.05) is 17.8 Å². The number of carbonyl (C=O) groups excluding carboxylic acids is 2. The molecule has 0 spiro atoms. The molecule has 0 saturated carbocycles. The van der Waals surface area contributed by atoms with Crippen LogP contribution in [0.2, 0.25) is 0 Å². The molecule has 3 saturated heterocycles. The van der Waals surface area contributed by atoms with Crippen molar-refractivity contribution in [2.24, 2.45) is 13.0 Å². The number of benzene rings is 1. The molecule has 1 aromatic carbocycles. The van der Waals surface area contributed by atoms with Gasteiger partial charge in [0.1, 0.15) is 6.17 Å². The highest BCUT2D eigenvalue weighted by Gasteiger charge is 2.32. The molecule has 2 N–H and O–H groups in total. The molecular weight excluding hydrogens is 411 g/mol. The van der Waals surface area contributed by atoms with Crippen LogP contribution < -0.4 is 15.5 Å². The van der Waals surface area contributed by atoms with Crippen LogP contribution in [-0.4, -0.2) is 78.5 Å². The highest BCUT2D eigenvalue weighted by molar-refractivity contribution is 6.02. The van der Waals surface area contributed by atoms with Gasteiger partial charge in [0.25, 0.3) is 0 Å². The molecule has 32 heavy (non-hydrogen) atoms. The van der Waals surface area contributed by atoms with Gasteiger partial charge in [-0.05, 0) is 37.6 Å². The van der Waals surface area contributed by atoms with Crippen LogP contribution >= 0.6 is 0 Å². The summed E-state index contributed by atoms with van der Waals surface area (Å²) in [5, 5.41) is 11.2. The van der Waals surface area contributed by atoms with Crippen molar-refractivity contribution < 1.29 is 14.0 Å². The third kappa shape index (κ3) is 4.11. The summed E-state index contributed by atoms with van der Waals surface area (Å²) in [4.78, 5) is 28.6. The van der Waals surface area contributed by atoms with Crippen molar-refractivity contribution in [1.82, 2.24) is 25.3 Å². The number of aromatic nitrogens is 2. The fourth-order valence-corrected chi connectivity index (χ4v) is 5.28. The lowest BCUT2D eigenvalue weighted by Crippen LogP contribution is -2.50. The van der Waals surface area contributed by atoms with Crippen LogP contribution in [0.15, 0.2) is 18.2 Å². The Kier molecular flexibility index (Phi) is 5.86. The van der Waals surface area contributed by atoms with E-state index in [2.05, 4.69) is 37.7 Å². The van der Waals surface area contributed by atoms with Crippen LogP contribution in [0.5, 0.6) is 0 Å². The molecule has 5 rings (SSSR count). The number of carbonyl (C=O) groups is 2. The van der Waals surface area contributed by atoms with Gasteiger partial charge in [-0.2, -0.15) is 5.10 Å². The zero-order valence-electron chi connectivity index (χ0n) is 18.5. The minimum absolute atomic E-state index is 0.138. The lowest BCUT2D eigenvalue weighted by molar-refractivity contribution is -0.134. The van der Waals surface area contributed by atoms with E-state index in [0.29, 0.717) is 19.4 Å². The summed E-state index contributed by atoms with van der Waals surface area (Å²) in [6, 6.07) is 6.28. The van der Waals surface area contributed by atoms with Crippen molar-refractivity contribution in [1.29, 1.82) is 0 Å². The summed E-state index contributed by atoms with van der Waals surface area (Å²) in [7, 11) is 1.89. The van der Waals surface area contributed by atoms with Crippen LogP contribution in [-0.2, 0) is 16.6 Å². The van der Waals surface area contributed by atoms with E-state index in [1.165, 1.54) is 0 Å². The second-order valence-corrected chi connectivity index (χ2v) is 9.27. The summed E-state index contributed by atoms with van der Waals surface area (Å²) in [6.07, 6.45) is 1.01. The summed E-state index contributed by atoms with van der Waals surface area (Å²) >= 11 is 0. The normalized spacial score (nSPS) is 27.7. The second kappa shape index (κ2) is 8.78. The molecule has 2 aromatic rings. The predicted molar refractivity (Wildman–Crippen MR) is 120 cm³/mol. The lowest BCUT2D eigenvalue weighted by Gasteiger charge is -2.39. The number of nitrogens with one attached hydrogen (secondary N) is 2. The number of aryl methyl sites for hydroxylation is 1. The molecule has 0 aliphatic carbocycles. The first-order chi connectivity index (χ1) is 15.5. The molecule has 1 aromatic heterocycles. The van der Waals surface area contributed by atoms with Crippen molar-refractivity contribution in [3.8, 4) is 0 Å². The average molecular weight is 443 g/mol. The molecule has 172 valence electrons. The number of anilines is 1. The van der Waals surface area contributed by atoms with Gasteiger partial charge in [0, 0.05) is 69.7 Å². The van der Waals surface area contributed by atoms with E-state index in [9.17, 15) is 14.0 Å². The predicted octanol–water partition coefficient (Wildman–Crippen LogP) is 1.16. The average Bonchev–Trinajstić information content (AvgIpc) is 3.11. The Morgan fingerprint density at radius 2 is 1.97 bits per heavy atom. The van der Waals surface area contributed by atoms with Crippen LogP contribution in [0.25, 0.3) is 10.9 Å². The molecule has 3 fully saturated rings. The minimum atomic E-state index is -0.743. The molecule has 0 bridgehead atoms. The van der Waals surface area contributed by atoms with Crippen molar-refractivity contribution in [3.63, 3.8) is 0 Å². The summed E-state index contributed by atoms with van der Waals surface area (Å²) in [6.45, 7) is 5.92. The lowest BCUT2D eigenvalue weighted by atomic mass is 9.93. The number of rotatable bonds is 4. The van der Waals surface area contributed by atoms with E-state index < -0.39 is 6.17 Å². The van der Waals surface area contributed by atoms with E-state index in [0.717, 1.165) is 68.0 Å². The van der Waals surface area contributed by atoms with Gasteiger partial charge in [-0.1, -0.05) is 0 Å². The number of nitrogens with zero attached hydrogens (tertiary/aromatic N) is 4. The van der Waals surface area contributed by atoms with Crippen molar-refractivity contribution in [2.45, 2.75) is 31.4 Å². The SMILES string of the molecule is Cn1nc(C2CCC(=O)NC2=O)c2ccc(N3CCN(C[C@H]4CCNC[C@@H]4F)CC3)cc21. The summed E-state index contributed by atoms with van der Waals surface area (Å²) < 4.78 is 16.0. The van der Waals surface area contributed by atoms with Crippen molar-refractivity contribution in [2.75, 3.05) is 50.7 Å².